The lowest BCUT2D eigenvalue weighted by atomic mass is 10.2. The second kappa shape index (κ2) is 5.54. The molecule has 4 rings (SSSR count). The minimum absolute atomic E-state index is 0.106. The molecule has 1 saturated carbocycles. The Labute approximate surface area is 143 Å². The molecule has 1 atom stereocenters. The highest BCUT2D eigenvalue weighted by molar-refractivity contribution is 5.52. The monoisotopic (exact) mass is 349 g/mol. The van der Waals surface area contributed by atoms with E-state index in [-0.39, 0.29) is 12.0 Å². The predicted octanol–water partition coefficient (Wildman–Crippen LogP) is 4.81. The van der Waals surface area contributed by atoms with Gasteiger partial charge in [-0.05, 0) is 63.1 Å². The third-order valence-corrected chi connectivity index (χ3v) is 4.46. The van der Waals surface area contributed by atoms with Crippen molar-refractivity contribution in [3.05, 3.63) is 53.6 Å². The number of hydrogen-bond donors (Lipinski definition) is 0. The number of hydrogen-bond acceptors (Lipinski definition) is 3. The van der Waals surface area contributed by atoms with Gasteiger partial charge in [0, 0.05) is 11.6 Å². The molecule has 0 amide bonds. The first kappa shape index (κ1) is 16.1. The van der Waals surface area contributed by atoms with Crippen LogP contribution in [-0.2, 0) is 11.0 Å². The van der Waals surface area contributed by atoms with E-state index in [0.29, 0.717) is 11.4 Å². The summed E-state index contributed by atoms with van der Waals surface area (Å²) in [6.45, 7) is 3.90. The van der Waals surface area contributed by atoms with Crippen LogP contribution in [0, 0.1) is 0 Å². The zero-order chi connectivity index (χ0) is 17.8. The number of benzene rings is 1. The molecular weight excluding hydrogens is 331 g/mol. The fourth-order valence-electron chi connectivity index (χ4n) is 3.12. The number of nitrogens with zero attached hydrogens (tertiary/aromatic N) is 3. The van der Waals surface area contributed by atoms with Gasteiger partial charge in [0.05, 0.1) is 17.4 Å². The van der Waals surface area contributed by atoms with Gasteiger partial charge >= 0.3 is 6.18 Å². The summed E-state index contributed by atoms with van der Waals surface area (Å²) in [6.07, 6.45) is -0.616. The minimum Gasteiger partial charge on any atom is -0.384 e. The number of hydroxylamine groups is 1. The lowest BCUT2D eigenvalue weighted by Gasteiger charge is -2.22. The molecule has 132 valence electrons. The molecule has 0 N–H and O–H groups in total. The summed E-state index contributed by atoms with van der Waals surface area (Å²) >= 11 is 0. The van der Waals surface area contributed by atoms with Gasteiger partial charge in [-0.2, -0.15) is 18.3 Å². The van der Waals surface area contributed by atoms with Gasteiger partial charge in [-0.15, -0.1) is 0 Å². The summed E-state index contributed by atoms with van der Waals surface area (Å²) in [4.78, 5) is 5.65. The summed E-state index contributed by atoms with van der Waals surface area (Å²) in [7, 11) is 0. The number of alkyl halides is 3. The van der Waals surface area contributed by atoms with Crippen LogP contribution in [0.5, 0.6) is 0 Å². The maximum absolute atomic E-state index is 13.0. The van der Waals surface area contributed by atoms with Gasteiger partial charge < -0.3 is 4.84 Å². The summed E-state index contributed by atoms with van der Waals surface area (Å²) in [6, 6.07) is 8.50. The van der Waals surface area contributed by atoms with E-state index in [1.807, 2.05) is 32.1 Å². The van der Waals surface area contributed by atoms with Crippen molar-refractivity contribution in [2.75, 3.05) is 5.06 Å². The molecule has 7 heteroatoms. The largest absolute Gasteiger partial charge is 0.435 e. The molecule has 0 spiro atoms. The molecule has 1 aliphatic carbocycles. The third kappa shape index (κ3) is 2.99. The van der Waals surface area contributed by atoms with Gasteiger partial charge in [0.25, 0.3) is 0 Å². The Morgan fingerprint density at radius 3 is 2.28 bits per heavy atom. The van der Waals surface area contributed by atoms with Gasteiger partial charge in [0.2, 0.25) is 0 Å². The Morgan fingerprint density at radius 2 is 1.76 bits per heavy atom. The minimum atomic E-state index is -4.43. The van der Waals surface area contributed by atoms with Crippen molar-refractivity contribution in [1.29, 1.82) is 0 Å². The number of rotatable bonds is 3. The number of allylic oxidation sites excluding steroid dienone is 1. The lowest BCUT2D eigenvalue weighted by molar-refractivity contribution is -0.141. The molecule has 4 nitrogen and oxygen atoms in total. The molecule has 0 saturated heterocycles. The average molecular weight is 349 g/mol. The first-order valence-corrected chi connectivity index (χ1v) is 8.26. The summed E-state index contributed by atoms with van der Waals surface area (Å²) in [5, 5.41) is 5.57. The standard InChI is InChI=1S/C18H18F3N3O/c1-11-9-12(2)25-24(11)15-7-5-14(6-8-15)23-16(13-3-4-13)10-17(22-23)18(19,20)21/h5-11,13H,3-4H2,1-2H3. The Bertz CT molecular complexity index is 819. The zero-order valence-corrected chi connectivity index (χ0v) is 13.9. The highest BCUT2D eigenvalue weighted by Crippen LogP contribution is 2.43. The quantitative estimate of drug-likeness (QED) is 0.796. The van der Waals surface area contributed by atoms with Gasteiger partial charge in [-0.25, -0.2) is 9.75 Å². The smallest absolute Gasteiger partial charge is 0.384 e. The number of halogens is 3. The summed E-state index contributed by atoms with van der Waals surface area (Å²) in [5.41, 5.74) is 1.26. The highest BCUT2D eigenvalue weighted by atomic mass is 19.4. The van der Waals surface area contributed by atoms with Crippen molar-refractivity contribution < 1.29 is 18.0 Å². The van der Waals surface area contributed by atoms with Crippen molar-refractivity contribution >= 4 is 5.69 Å². The normalized spacial score (nSPS) is 20.6. The second-order valence-corrected chi connectivity index (χ2v) is 6.59. The van der Waals surface area contributed by atoms with Crippen LogP contribution < -0.4 is 5.06 Å². The van der Waals surface area contributed by atoms with Crippen molar-refractivity contribution in [2.45, 2.75) is 44.8 Å². The van der Waals surface area contributed by atoms with E-state index >= 15 is 0 Å². The molecule has 0 radical (unpaired) electrons. The van der Waals surface area contributed by atoms with Crippen LogP contribution in [-0.4, -0.2) is 15.8 Å². The molecule has 2 aliphatic rings. The van der Waals surface area contributed by atoms with E-state index in [1.165, 1.54) is 10.7 Å². The molecule has 25 heavy (non-hydrogen) atoms. The molecule has 2 heterocycles. The van der Waals surface area contributed by atoms with Crippen LogP contribution in [0.15, 0.2) is 42.2 Å². The first-order chi connectivity index (χ1) is 11.8. The molecule has 1 fully saturated rings. The number of anilines is 1. The zero-order valence-electron chi connectivity index (χ0n) is 13.9. The Hall–Kier alpha value is -2.44. The van der Waals surface area contributed by atoms with Gasteiger partial charge in [-0.1, -0.05) is 0 Å². The van der Waals surface area contributed by atoms with Gasteiger partial charge in [0.15, 0.2) is 5.69 Å². The predicted molar refractivity (Wildman–Crippen MR) is 87.3 cm³/mol. The molecule has 1 aromatic carbocycles. The van der Waals surface area contributed by atoms with Crippen molar-refractivity contribution in [1.82, 2.24) is 9.78 Å². The molecule has 1 aromatic heterocycles. The first-order valence-electron chi connectivity index (χ1n) is 8.26. The van der Waals surface area contributed by atoms with E-state index < -0.39 is 11.9 Å². The van der Waals surface area contributed by atoms with E-state index in [0.717, 1.165) is 24.3 Å². The van der Waals surface area contributed by atoms with E-state index in [4.69, 9.17) is 4.84 Å². The second-order valence-electron chi connectivity index (χ2n) is 6.59. The fourth-order valence-corrected chi connectivity index (χ4v) is 3.12. The van der Waals surface area contributed by atoms with Crippen LogP contribution in [0.1, 0.15) is 44.0 Å². The maximum Gasteiger partial charge on any atom is 0.435 e. The third-order valence-electron chi connectivity index (χ3n) is 4.46. The molecule has 0 bridgehead atoms. The molecular formula is C18H18F3N3O. The van der Waals surface area contributed by atoms with Crippen LogP contribution in [0.2, 0.25) is 0 Å². The summed E-state index contributed by atoms with van der Waals surface area (Å²) < 4.78 is 40.5. The average Bonchev–Trinajstić information content (AvgIpc) is 3.19. The van der Waals surface area contributed by atoms with Gasteiger partial charge in [0.1, 0.15) is 5.76 Å². The SMILES string of the molecule is CC1=CC(C)N(c2ccc(-n3nc(C(F)(F)F)cc3C3CC3)cc2)O1. The Balaban J connectivity index is 1.65. The number of aromatic nitrogens is 2. The lowest BCUT2D eigenvalue weighted by Crippen LogP contribution is -2.25. The molecule has 1 aliphatic heterocycles. The Morgan fingerprint density at radius 1 is 1.12 bits per heavy atom. The van der Waals surface area contributed by atoms with Crippen LogP contribution in [0.4, 0.5) is 18.9 Å². The van der Waals surface area contributed by atoms with Crippen molar-refractivity contribution in [3.8, 4) is 5.69 Å². The van der Waals surface area contributed by atoms with E-state index in [2.05, 4.69) is 5.10 Å². The van der Waals surface area contributed by atoms with E-state index in [9.17, 15) is 13.2 Å². The topological polar surface area (TPSA) is 30.3 Å². The fraction of sp³-hybridized carbons (Fsp3) is 0.389. The van der Waals surface area contributed by atoms with Crippen molar-refractivity contribution in [3.63, 3.8) is 0 Å². The van der Waals surface area contributed by atoms with Crippen LogP contribution in [0.25, 0.3) is 5.69 Å². The summed E-state index contributed by atoms with van der Waals surface area (Å²) in [5.74, 6) is 0.992. The van der Waals surface area contributed by atoms with Crippen LogP contribution in [0.3, 0.4) is 0 Å². The van der Waals surface area contributed by atoms with E-state index in [1.54, 1.807) is 17.2 Å². The highest BCUT2D eigenvalue weighted by Gasteiger charge is 2.38. The Kier molecular flexibility index (Phi) is 3.56. The van der Waals surface area contributed by atoms with Crippen LogP contribution >= 0.6 is 0 Å². The maximum atomic E-state index is 13.0. The van der Waals surface area contributed by atoms with Crippen molar-refractivity contribution in [2.24, 2.45) is 0 Å². The molecule has 2 aromatic rings. The van der Waals surface area contributed by atoms with Gasteiger partial charge in [-0.3, -0.25) is 0 Å². The molecule has 1 unspecified atom stereocenters.